The number of ether oxygens (including phenoxy) is 3. The van der Waals surface area contributed by atoms with Crippen LogP contribution in [0, 0.1) is 0 Å². The van der Waals surface area contributed by atoms with Crippen LogP contribution in [0.3, 0.4) is 0 Å². The Morgan fingerprint density at radius 2 is 1.73 bits per heavy atom. The summed E-state index contributed by atoms with van der Waals surface area (Å²) in [5.41, 5.74) is 0.265. The van der Waals surface area contributed by atoms with E-state index in [-0.39, 0.29) is 17.0 Å². The smallest absolute Gasteiger partial charge is 0.416 e. The molecule has 0 saturated carbocycles. The molecule has 2 atom stereocenters. The molecule has 1 fully saturated rings. The zero-order chi connectivity index (χ0) is 23.8. The summed E-state index contributed by atoms with van der Waals surface area (Å²) in [5.74, 6) is 1.21. The van der Waals surface area contributed by atoms with Gasteiger partial charge in [-0.05, 0) is 74.5 Å². The lowest BCUT2D eigenvalue weighted by Gasteiger charge is -2.40. The van der Waals surface area contributed by atoms with Crippen LogP contribution in [0.2, 0.25) is 0 Å². The fourth-order valence-corrected chi connectivity index (χ4v) is 4.91. The van der Waals surface area contributed by atoms with Crippen LogP contribution in [0.1, 0.15) is 40.7 Å². The molecule has 0 N–H and O–H groups in total. The van der Waals surface area contributed by atoms with E-state index in [1.807, 2.05) is 25.3 Å². The van der Waals surface area contributed by atoms with Gasteiger partial charge in [-0.15, -0.1) is 0 Å². The van der Waals surface area contributed by atoms with Crippen LogP contribution < -0.4 is 9.47 Å². The van der Waals surface area contributed by atoms with Gasteiger partial charge in [0.2, 0.25) is 0 Å². The van der Waals surface area contributed by atoms with Crippen molar-refractivity contribution < 1.29 is 32.2 Å². The molecular weight excluding hydrogens is 435 g/mol. The Kier molecular flexibility index (Phi) is 6.14. The number of nitrogens with zero attached hydrogens (tertiary/aromatic N) is 1. The molecule has 0 aromatic heterocycles. The lowest BCUT2D eigenvalue weighted by molar-refractivity contribution is -0.137. The summed E-state index contributed by atoms with van der Waals surface area (Å²) < 4.78 is 54.8. The number of hydrogen-bond donors (Lipinski definition) is 0. The summed E-state index contributed by atoms with van der Waals surface area (Å²) in [4.78, 5) is 14.8. The van der Waals surface area contributed by atoms with Gasteiger partial charge in [-0.2, -0.15) is 13.2 Å². The number of rotatable bonds is 5. The Labute approximate surface area is 190 Å². The first-order valence-corrected chi connectivity index (χ1v) is 10.7. The Morgan fingerprint density at radius 3 is 2.36 bits per heavy atom. The molecule has 33 heavy (non-hydrogen) atoms. The molecule has 2 aromatic carbocycles. The third kappa shape index (κ3) is 4.31. The number of fused-ring (bicyclic) bond motifs is 1. The quantitative estimate of drug-likeness (QED) is 0.573. The number of carbonyl (C=O) groups excluding carboxylic acids is 1. The van der Waals surface area contributed by atoms with Crippen molar-refractivity contribution in [2.24, 2.45) is 0 Å². The van der Waals surface area contributed by atoms with Crippen molar-refractivity contribution in [1.29, 1.82) is 0 Å². The number of alkyl halides is 3. The van der Waals surface area contributed by atoms with E-state index in [0.717, 1.165) is 49.2 Å². The molecule has 5 nitrogen and oxygen atoms in total. The van der Waals surface area contributed by atoms with Crippen LogP contribution >= 0.6 is 0 Å². The minimum atomic E-state index is -4.45. The predicted molar refractivity (Wildman–Crippen MR) is 116 cm³/mol. The monoisotopic (exact) mass is 461 g/mol. The van der Waals surface area contributed by atoms with E-state index in [1.165, 1.54) is 0 Å². The van der Waals surface area contributed by atoms with E-state index in [0.29, 0.717) is 23.7 Å². The Morgan fingerprint density at radius 1 is 1.03 bits per heavy atom. The molecule has 0 spiro atoms. The van der Waals surface area contributed by atoms with E-state index in [1.54, 1.807) is 14.2 Å². The van der Waals surface area contributed by atoms with Crippen molar-refractivity contribution in [3.63, 3.8) is 0 Å². The van der Waals surface area contributed by atoms with Gasteiger partial charge in [0.25, 0.3) is 0 Å². The Balaban J connectivity index is 1.57. The van der Waals surface area contributed by atoms with Gasteiger partial charge in [0.15, 0.2) is 11.5 Å². The van der Waals surface area contributed by atoms with Crippen molar-refractivity contribution in [3.05, 3.63) is 71.0 Å². The highest BCUT2D eigenvalue weighted by molar-refractivity contribution is 5.90. The lowest BCUT2D eigenvalue weighted by Crippen LogP contribution is -2.42. The normalized spacial score (nSPS) is 23.0. The second-order valence-corrected chi connectivity index (χ2v) is 8.50. The van der Waals surface area contributed by atoms with Gasteiger partial charge in [-0.3, -0.25) is 4.90 Å². The van der Waals surface area contributed by atoms with Crippen LogP contribution in [0.15, 0.2) is 54.3 Å². The fraction of sp³-hybridized carbons (Fsp3) is 0.400. The van der Waals surface area contributed by atoms with E-state index < -0.39 is 17.7 Å². The van der Waals surface area contributed by atoms with Gasteiger partial charge in [0.05, 0.1) is 25.3 Å². The third-order valence-electron chi connectivity index (χ3n) is 6.74. The van der Waals surface area contributed by atoms with Crippen molar-refractivity contribution in [1.82, 2.24) is 4.90 Å². The highest BCUT2D eigenvalue weighted by Gasteiger charge is 2.48. The maximum atomic E-state index is 12.8. The fourth-order valence-electron chi connectivity index (χ4n) is 4.91. The predicted octanol–water partition coefficient (Wildman–Crippen LogP) is 5.20. The number of likely N-dealkylation sites (tertiary alicyclic amines) is 1. The summed E-state index contributed by atoms with van der Waals surface area (Å²) in [5, 5.41) is 0. The van der Waals surface area contributed by atoms with Gasteiger partial charge in [-0.1, -0.05) is 6.07 Å². The molecule has 8 heteroatoms. The zero-order valence-corrected chi connectivity index (χ0v) is 18.7. The van der Waals surface area contributed by atoms with Gasteiger partial charge in [-0.25, -0.2) is 4.79 Å². The molecular formula is C25H26F3NO4. The zero-order valence-electron chi connectivity index (χ0n) is 18.7. The number of esters is 1. The van der Waals surface area contributed by atoms with Crippen LogP contribution in [-0.2, 0) is 16.3 Å². The molecule has 0 bridgehead atoms. The molecule has 0 amide bonds. The van der Waals surface area contributed by atoms with Crippen LogP contribution in [-0.4, -0.2) is 44.7 Å². The molecule has 1 saturated heterocycles. The van der Waals surface area contributed by atoms with Gasteiger partial charge >= 0.3 is 12.1 Å². The Bertz CT molecular complexity index is 1060. The second-order valence-electron chi connectivity index (χ2n) is 8.50. The SMILES string of the molecule is COc1ccc([C@@]23CCC(OC(=O)c4ccc(C(F)(F)F)cc4)=C[C@@H]2N(C)CC3)cc1OC. The topological polar surface area (TPSA) is 48.0 Å². The first kappa shape index (κ1) is 23.2. The highest BCUT2D eigenvalue weighted by Crippen LogP contribution is 2.49. The van der Waals surface area contributed by atoms with E-state index in [4.69, 9.17) is 14.2 Å². The van der Waals surface area contributed by atoms with E-state index >= 15 is 0 Å². The maximum absolute atomic E-state index is 12.8. The number of benzene rings is 2. The second kappa shape index (κ2) is 8.74. The molecule has 1 aliphatic heterocycles. The van der Waals surface area contributed by atoms with Crippen LogP contribution in [0.4, 0.5) is 13.2 Å². The maximum Gasteiger partial charge on any atom is 0.416 e. The number of methoxy groups -OCH3 is 2. The van der Waals surface area contributed by atoms with Crippen molar-refractivity contribution in [2.45, 2.75) is 36.9 Å². The molecule has 176 valence electrons. The summed E-state index contributed by atoms with van der Waals surface area (Å²) in [6, 6.07) is 10.0. The minimum absolute atomic E-state index is 0.0137. The number of carbonyl (C=O) groups is 1. The number of halogens is 3. The standard InChI is InChI=1S/C25H26F3NO4/c1-29-13-12-24(18-8-9-20(31-2)21(14-18)32-3)11-10-19(15-22(24)29)33-23(30)16-4-6-17(7-5-16)25(26,27)28/h4-9,14-15,22H,10-13H2,1-3H3/t22-,24-/m0/s1. The third-order valence-corrected chi connectivity index (χ3v) is 6.74. The van der Waals surface area contributed by atoms with Gasteiger partial charge < -0.3 is 14.2 Å². The minimum Gasteiger partial charge on any atom is -0.493 e. The van der Waals surface area contributed by atoms with Crippen molar-refractivity contribution in [2.75, 3.05) is 27.8 Å². The molecule has 4 rings (SSSR count). The molecule has 1 aliphatic carbocycles. The first-order valence-electron chi connectivity index (χ1n) is 10.7. The number of likely N-dealkylation sites (N-methyl/N-ethyl adjacent to an activating group) is 1. The molecule has 2 aliphatic rings. The van der Waals surface area contributed by atoms with Crippen LogP contribution in [0.25, 0.3) is 0 Å². The highest BCUT2D eigenvalue weighted by atomic mass is 19.4. The molecule has 0 radical (unpaired) electrons. The van der Waals surface area contributed by atoms with Gasteiger partial charge in [0.1, 0.15) is 5.76 Å². The summed E-state index contributed by atoms with van der Waals surface area (Å²) >= 11 is 0. The average molecular weight is 461 g/mol. The molecule has 0 unspecified atom stereocenters. The van der Waals surface area contributed by atoms with Gasteiger partial charge in [0, 0.05) is 17.9 Å². The summed E-state index contributed by atoms with van der Waals surface area (Å²) in [6.07, 6.45) is -0.223. The average Bonchev–Trinajstić information content (AvgIpc) is 3.15. The van der Waals surface area contributed by atoms with E-state index in [9.17, 15) is 18.0 Å². The van der Waals surface area contributed by atoms with Crippen molar-refractivity contribution in [3.8, 4) is 11.5 Å². The first-order chi connectivity index (χ1) is 15.7. The molecule has 2 aromatic rings. The summed E-state index contributed by atoms with van der Waals surface area (Å²) in [6.45, 7) is 0.885. The largest absolute Gasteiger partial charge is 0.493 e. The number of hydrogen-bond acceptors (Lipinski definition) is 5. The number of allylic oxidation sites excluding steroid dienone is 1. The lowest BCUT2D eigenvalue weighted by atomic mass is 9.68. The Hall–Kier alpha value is -3.00. The molecule has 1 heterocycles. The van der Waals surface area contributed by atoms with Crippen LogP contribution in [0.5, 0.6) is 11.5 Å². The van der Waals surface area contributed by atoms with Crippen molar-refractivity contribution >= 4 is 5.97 Å². The van der Waals surface area contributed by atoms with E-state index in [2.05, 4.69) is 11.0 Å². The summed E-state index contributed by atoms with van der Waals surface area (Å²) in [7, 11) is 5.24.